The molecule has 3 aliphatic carbocycles. The molecule has 2 amide bonds. The van der Waals surface area contributed by atoms with Crippen molar-refractivity contribution in [2.75, 3.05) is 6.61 Å². The highest BCUT2D eigenvalue weighted by molar-refractivity contribution is 5.92. The summed E-state index contributed by atoms with van der Waals surface area (Å²) in [7, 11) is 0. The predicted octanol–water partition coefficient (Wildman–Crippen LogP) is 2.05. The molecule has 6 rings (SSSR count). The molecule has 1 aliphatic heterocycles. The van der Waals surface area contributed by atoms with Crippen LogP contribution in [-0.2, 0) is 4.79 Å². The number of amides is 2. The maximum atomic E-state index is 13.1. The summed E-state index contributed by atoms with van der Waals surface area (Å²) < 4.78 is 45.4. The van der Waals surface area contributed by atoms with E-state index in [1.165, 1.54) is 18.2 Å². The van der Waals surface area contributed by atoms with Gasteiger partial charge in [0.25, 0.3) is 11.8 Å². The molecule has 2 bridgehead atoms. The summed E-state index contributed by atoms with van der Waals surface area (Å²) in [4.78, 5) is 25.1. The lowest BCUT2D eigenvalue weighted by molar-refractivity contribution is -0.286. The smallest absolute Gasteiger partial charge is 0.484 e. The molecular weight excluding hydrogens is 456 g/mol. The van der Waals surface area contributed by atoms with Gasteiger partial charge in [0, 0.05) is 17.7 Å². The van der Waals surface area contributed by atoms with E-state index in [1.807, 2.05) is 0 Å². The van der Waals surface area contributed by atoms with Gasteiger partial charge in [0.1, 0.15) is 5.75 Å². The molecule has 12 heteroatoms. The minimum absolute atomic E-state index is 0.112. The van der Waals surface area contributed by atoms with Crippen molar-refractivity contribution in [3.63, 3.8) is 0 Å². The molecule has 0 unspecified atom stereocenters. The van der Waals surface area contributed by atoms with E-state index in [4.69, 9.17) is 9.26 Å². The zero-order chi connectivity index (χ0) is 24.1. The van der Waals surface area contributed by atoms with E-state index in [0.29, 0.717) is 31.4 Å². The van der Waals surface area contributed by atoms with Gasteiger partial charge in [0.05, 0.1) is 17.3 Å². The second-order valence-corrected chi connectivity index (χ2v) is 9.06. The normalized spacial score (nSPS) is 28.4. The minimum Gasteiger partial charge on any atom is -0.484 e. The number of benzene rings is 1. The summed E-state index contributed by atoms with van der Waals surface area (Å²) in [6.45, 7) is 1.34. The Hall–Kier alpha value is -3.41. The molecule has 182 valence electrons. The lowest BCUT2D eigenvalue weighted by Crippen LogP contribution is -2.70. The first-order chi connectivity index (χ1) is 16.1. The number of aryl methyl sites for hydroxylation is 1. The largest absolute Gasteiger partial charge is 0.586 e. The number of nitrogens with one attached hydrogen (secondary N) is 2. The van der Waals surface area contributed by atoms with Gasteiger partial charge in [-0.05, 0) is 51.2 Å². The Kier molecular flexibility index (Phi) is 5.15. The third kappa shape index (κ3) is 4.13. The van der Waals surface area contributed by atoms with Crippen LogP contribution in [-0.4, -0.2) is 52.2 Å². The molecule has 0 radical (unpaired) electrons. The van der Waals surface area contributed by atoms with Gasteiger partial charge in [-0.2, -0.15) is 0 Å². The van der Waals surface area contributed by atoms with Gasteiger partial charge < -0.3 is 34.5 Å². The fourth-order valence-electron chi connectivity index (χ4n) is 4.92. The molecule has 4 aliphatic rings. The van der Waals surface area contributed by atoms with Gasteiger partial charge in [0.15, 0.2) is 18.1 Å². The van der Waals surface area contributed by atoms with E-state index in [2.05, 4.69) is 25.3 Å². The van der Waals surface area contributed by atoms with Gasteiger partial charge in [-0.25, -0.2) is 0 Å². The number of halogens is 2. The quantitative estimate of drug-likeness (QED) is 0.574. The standard InChI is InChI=1S/C22H23F2N3O7/c1-12-8-16(34-27-12)19(30)26-20-4-6-21(7-5-20,17(28)10-20)25-18(29)11-31-13-2-3-14-15(9-13)33-22(23,24)32-14/h2-3,8-9,17,28H,4-7,10-11H2,1H3,(H,25,29)(H,26,30)/t17-,20?,21?/m0/s1. The highest BCUT2D eigenvalue weighted by atomic mass is 19.3. The lowest BCUT2D eigenvalue weighted by atomic mass is 9.60. The average molecular weight is 479 g/mol. The molecule has 1 atom stereocenters. The van der Waals surface area contributed by atoms with Gasteiger partial charge in [0.2, 0.25) is 5.76 Å². The van der Waals surface area contributed by atoms with E-state index >= 15 is 0 Å². The number of aliphatic hydroxyl groups is 1. The van der Waals surface area contributed by atoms with Crippen molar-refractivity contribution < 1.29 is 42.2 Å². The van der Waals surface area contributed by atoms with Crippen LogP contribution in [0.3, 0.4) is 0 Å². The third-order valence-electron chi connectivity index (χ3n) is 6.68. The SMILES string of the molecule is Cc1cc(C(=O)NC23CCC(NC(=O)COc4ccc5c(c4)OC(F)(F)O5)(CC2)[C@@H](O)C3)on1. The van der Waals surface area contributed by atoms with Crippen molar-refractivity contribution in [1.29, 1.82) is 0 Å². The van der Waals surface area contributed by atoms with E-state index in [0.717, 1.165) is 0 Å². The molecule has 3 fully saturated rings. The van der Waals surface area contributed by atoms with Gasteiger partial charge in [-0.3, -0.25) is 9.59 Å². The fourth-order valence-corrected chi connectivity index (χ4v) is 4.92. The summed E-state index contributed by atoms with van der Waals surface area (Å²) in [5.74, 6) is -0.886. The molecule has 2 aromatic rings. The maximum absolute atomic E-state index is 13.1. The van der Waals surface area contributed by atoms with Crippen molar-refractivity contribution >= 4 is 11.8 Å². The number of hydrogen-bond acceptors (Lipinski definition) is 8. The zero-order valence-corrected chi connectivity index (χ0v) is 18.2. The Bertz CT molecular complexity index is 1130. The number of carbonyl (C=O) groups excluding carboxylic acids is 2. The van der Waals surface area contributed by atoms with Gasteiger partial charge >= 0.3 is 6.29 Å². The van der Waals surface area contributed by atoms with Crippen LogP contribution in [0, 0.1) is 6.92 Å². The van der Waals surface area contributed by atoms with Crippen LogP contribution in [0.4, 0.5) is 8.78 Å². The number of nitrogens with zero attached hydrogens (tertiary/aromatic N) is 1. The van der Waals surface area contributed by atoms with Crippen molar-refractivity contribution in [3.05, 3.63) is 35.7 Å². The number of rotatable bonds is 6. The van der Waals surface area contributed by atoms with Crippen molar-refractivity contribution in [3.8, 4) is 17.2 Å². The number of hydrogen-bond donors (Lipinski definition) is 3. The first-order valence-corrected chi connectivity index (χ1v) is 10.8. The Morgan fingerprint density at radius 3 is 2.56 bits per heavy atom. The topological polar surface area (TPSA) is 132 Å². The first kappa shape index (κ1) is 22.4. The highest BCUT2D eigenvalue weighted by Gasteiger charge is 2.55. The van der Waals surface area contributed by atoms with E-state index in [-0.39, 0.29) is 41.9 Å². The highest BCUT2D eigenvalue weighted by Crippen LogP contribution is 2.47. The van der Waals surface area contributed by atoms with Crippen LogP contribution >= 0.6 is 0 Å². The number of alkyl halides is 2. The van der Waals surface area contributed by atoms with Crippen LogP contribution in [0.1, 0.15) is 48.4 Å². The molecular formula is C22H23F2N3O7. The van der Waals surface area contributed by atoms with Crippen molar-refractivity contribution in [2.24, 2.45) is 0 Å². The van der Waals surface area contributed by atoms with E-state index in [1.54, 1.807) is 13.0 Å². The number of aromatic nitrogens is 1. The van der Waals surface area contributed by atoms with E-state index < -0.39 is 29.4 Å². The molecule has 3 saturated carbocycles. The molecule has 10 nitrogen and oxygen atoms in total. The number of carbonyl (C=O) groups is 2. The van der Waals surface area contributed by atoms with Crippen LogP contribution in [0.25, 0.3) is 0 Å². The minimum atomic E-state index is -3.74. The lowest BCUT2D eigenvalue weighted by Gasteiger charge is -2.56. The molecule has 2 heterocycles. The summed E-state index contributed by atoms with van der Waals surface area (Å²) in [5, 5.41) is 20.4. The summed E-state index contributed by atoms with van der Waals surface area (Å²) in [6, 6.07) is 5.41. The second-order valence-electron chi connectivity index (χ2n) is 9.06. The Morgan fingerprint density at radius 2 is 1.88 bits per heavy atom. The molecule has 0 saturated heterocycles. The second kappa shape index (κ2) is 7.83. The Balaban J connectivity index is 1.16. The van der Waals surface area contributed by atoms with Crippen LogP contribution in [0.2, 0.25) is 0 Å². The van der Waals surface area contributed by atoms with Crippen molar-refractivity contribution in [1.82, 2.24) is 15.8 Å². The van der Waals surface area contributed by atoms with E-state index in [9.17, 15) is 23.5 Å². The Labute approximate surface area is 192 Å². The first-order valence-electron chi connectivity index (χ1n) is 10.8. The number of aliphatic hydroxyl groups excluding tert-OH is 1. The summed E-state index contributed by atoms with van der Waals surface area (Å²) in [5.41, 5.74) is -0.820. The Morgan fingerprint density at radius 1 is 1.15 bits per heavy atom. The monoisotopic (exact) mass is 479 g/mol. The average Bonchev–Trinajstić information content (AvgIpc) is 3.34. The van der Waals surface area contributed by atoms with Crippen LogP contribution in [0.5, 0.6) is 17.2 Å². The molecule has 1 aromatic heterocycles. The molecule has 34 heavy (non-hydrogen) atoms. The zero-order valence-electron chi connectivity index (χ0n) is 18.2. The third-order valence-corrected chi connectivity index (χ3v) is 6.68. The van der Waals surface area contributed by atoms with Gasteiger partial charge in [-0.1, -0.05) is 5.16 Å². The molecule has 1 aromatic carbocycles. The number of fused-ring (bicyclic) bond motifs is 4. The maximum Gasteiger partial charge on any atom is 0.586 e. The number of ether oxygens (including phenoxy) is 3. The van der Waals surface area contributed by atoms with Crippen LogP contribution < -0.4 is 24.8 Å². The fraction of sp³-hybridized carbons (Fsp3) is 0.500. The van der Waals surface area contributed by atoms with Crippen LogP contribution in [0.15, 0.2) is 28.8 Å². The van der Waals surface area contributed by atoms with Gasteiger partial charge in [-0.15, -0.1) is 8.78 Å². The molecule has 3 N–H and O–H groups in total. The predicted molar refractivity (Wildman–Crippen MR) is 110 cm³/mol. The molecule has 0 spiro atoms. The summed E-state index contributed by atoms with van der Waals surface area (Å²) >= 11 is 0. The summed E-state index contributed by atoms with van der Waals surface area (Å²) in [6.07, 6.45) is -2.25. The van der Waals surface area contributed by atoms with Crippen molar-refractivity contribution in [2.45, 2.75) is 62.5 Å².